The maximum Gasteiger partial charge on any atom is 0.305 e. The average molecular weight is 295 g/mol. The van der Waals surface area contributed by atoms with Crippen molar-refractivity contribution in [2.75, 3.05) is 0 Å². The molecule has 5 heteroatoms. The molecule has 0 radical (unpaired) electrons. The van der Waals surface area contributed by atoms with Crippen LogP contribution in [0.1, 0.15) is 17.5 Å². The summed E-state index contributed by atoms with van der Waals surface area (Å²) in [5.74, 6) is -0.112. The molecule has 3 rings (SSSR count). The van der Waals surface area contributed by atoms with Gasteiger partial charge < -0.3 is 9.67 Å². The number of carbonyl (C=O) groups is 1. The minimum absolute atomic E-state index is 0.0538. The summed E-state index contributed by atoms with van der Waals surface area (Å²) in [7, 11) is 0. The monoisotopic (exact) mass is 295 g/mol. The molecule has 0 aliphatic rings. The standard InChI is InChI=1S/C17H17N3O2/c1-11-9-14-15(10-12(11)2)20(8-6-16(21)22)17(19-14)13-5-3-4-7-18-13/h3-5,7,9-10H,6,8H2,1-2H3,(H,21,22). The minimum atomic E-state index is -0.822. The second-order valence-electron chi connectivity index (χ2n) is 5.37. The van der Waals surface area contributed by atoms with Gasteiger partial charge in [0.1, 0.15) is 5.69 Å². The number of rotatable bonds is 4. The molecule has 0 saturated heterocycles. The molecule has 0 unspecified atom stereocenters. The van der Waals surface area contributed by atoms with Crippen molar-refractivity contribution in [3.05, 3.63) is 47.7 Å². The molecule has 0 aliphatic carbocycles. The van der Waals surface area contributed by atoms with Crippen LogP contribution in [0.15, 0.2) is 36.5 Å². The van der Waals surface area contributed by atoms with E-state index in [1.165, 1.54) is 5.56 Å². The molecule has 22 heavy (non-hydrogen) atoms. The van der Waals surface area contributed by atoms with E-state index in [0.29, 0.717) is 12.4 Å². The maximum atomic E-state index is 11.0. The number of hydrogen-bond acceptors (Lipinski definition) is 3. The van der Waals surface area contributed by atoms with Crippen LogP contribution in [0.3, 0.4) is 0 Å². The summed E-state index contributed by atoms with van der Waals surface area (Å²) in [6.07, 6.45) is 1.77. The highest BCUT2D eigenvalue weighted by Crippen LogP contribution is 2.26. The van der Waals surface area contributed by atoms with Gasteiger partial charge in [0.25, 0.3) is 0 Å². The van der Waals surface area contributed by atoms with Crippen molar-refractivity contribution in [3.63, 3.8) is 0 Å². The van der Waals surface area contributed by atoms with Gasteiger partial charge in [0.15, 0.2) is 5.82 Å². The summed E-state index contributed by atoms with van der Waals surface area (Å²) in [5, 5.41) is 9.00. The van der Waals surface area contributed by atoms with Crippen LogP contribution in [0, 0.1) is 13.8 Å². The van der Waals surface area contributed by atoms with Crippen molar-refractivity contribution in [2.45, 2.75) is 26.8 Å². The van der Waals surface area contributed by atoms with Gasteiger partial charge in [-0.3, -0.25) is 9.78 Å². The van der Waals surface area contributed by atoms with Crippen LogP contribution in [0.5, 0.6) is 0 Å². The van der Waals surface area contributed by atoms with Crippen LogP contribution >= 0.6 is 0 Å². The van der Waals surface area contributed by atoms with E-state index in [2.05, 4.69) is 16.0 Å². The molecular weight excluding hydrogens is 278 g/mol. The zero-order valence-electron chi connectivity index (χ0n) is 12.6. The summed E-state index contributed by atoms with van der Waals surface area (Å²) in [6.45, 7) is 4.47. The van der Waals surface area contributed by atoms with Crippen molar-refractivity contribution < 1.29 is 9.90 Å². The maximum absolute atomic E-state index is 11.0. The number of imidazole rings is 1. The molecule has 0 bridgehead atoms. The second-order valence-corrected chi connectivity index (χ2v) is 5.37. The van der Waals surface area contributed by atoms with Crippen LogP contribution in [0.4, 0.5) is 0 Å². The number of nitrogens with zero attached hydrogens (tertiary/aromatic N) is 3. The number of hydrogen-bond donors (Lipinski definition) is 1. The first-order valence-electron chi connectivity index (χ1n) is 7.17. The lowest BCUT2D eigenvalue weighted by Crippen LogP contribution is -2.06. The normalized spacial score (nSPS) is 11.0. The zero-order chi connectivity index (χ0) is 15.7. The van der Waals surface area contributed by atoms with E-state index in [4.69, 9.17) is 5.11 Å². The summed E-state index contributed by atoms with van der Waals surface area (Å²) in [5.41, 5.74) is 4.90. The average Bonchev–Trinajstić information content (AvgIpc) is 2.84. The molecular formula is C17H17N3O2. The molecule has 1 N–H and O–H groups in total. The number of fused-ring (bicyclic) bond motifs is 1. The van der Waals surface area contributed by atoms with E-state index >= 15 is 0 Å². The van der Waals surface area contributed by atoms with Crippen molar-refractivity contribution in [3.8, 4) is 11.5 Å². The zero-order valence-corrected chi connectivity index (χ0v) is 12.6. The summed E-state index contributed by atoms with van der Waals surface area (Å²) < 4.78 is 1.94. The Hall–Kier alpha value is -2.69. The van der Waals surface area contributed by atoms with Crippen LogP contribution < -0.4 is 0 Å². The number of pyridine rings is 1. The van der Waals surface area contributed by atoms with Gasteiger partial charge >= 0.3 is 5.97 Å². The quantitative estimate of drug-likeness (QED) is 0.802. The summed E-state index contributed by atoms with van der Waals surface area (Å²) in [4.78, 5) is 20.0. The predicted octanol–water partition coefficient (Wildman–Crippen LogP) is 3.19. The van der Waals surface area contributed by atoms with E-state index < -0.39 is 5.97 Å². The molecule has 5 nitrogen and oxygen atoms in total. The highest BCUT2D eigenvalue weighted by atomic mass is 16.4. The van der Waals surface area contributed by atoms with E-state index in [1.807, 2.05) is 42.7 Å². The van der Waals surface area contributed by atoms with Crippen LogP contribution in [-0.4, -0.2) is 25.6 Å². The molecule has 2 heterocycles. The summed E-state index contributed by atoms with van der Waals surface area (Å²) in [6, 6.07) is 9.74. The fourth-order valence-corrected chi connectivity index (χ4v) is 2.50. The van der Waals surface area contributed by atoms with E-state index in [1.54, 1.807) is 6.20 Å². The highest BCUT2D eigenvalue weighted by Gasteiger charge is 2.15. The number of aliphatic carboxylic acids is 1. The van der Waals surface area contributed by atoms with E-state index in [0.717, 1.165) is 22.3 Å². The molecule has 0 atom stereocenters. The third kappa shape index (κ3) is 2.57. The topological polar surface area (TPSA) is 68.0 Å². The molecule has 0 saturated carbocycles. The van der Waals surface area contributed by atoms with Crippen LogP contribution in [-0.2, 0) is 11.3 Å². The smallest absolute Gasteiger partial charge is 0.305 e. The molecule has 3 aromatic rings. The Labute approximate surface area is 128 Å². The first-order chi connectivity index (χ1) is 10.6. The predicted molar refractivity (Wildman–Crippen MR) is 84.7 cm³/mol. The van der Waals surface area contributed by atoms with Crippen LogP contribution in [0.2, 0.25) is 0 Å². The lowest BCUT2D eigenvalue weighted by molar-refractivity contribution is -0.137. The van der Waals surface area contributed by atoms with Crippen molar-refractivity contribution >= 4 is 17.0 Å². The van der Waals surface area contributed by atoms with Gasteiger partial charge in [0, 0.05) is 12.7 Å². The van der Waals surface area contributed by atoms with Crippen molar-refractivity contribution in [2.24, 2.45) is 0 Å². The number of carboxylic acid groups (broad SMARTS) is 1. The SMILES string of the molecule is Cc1cc2nc(-c3ccccn3)n(CCC(=O)O)c2cc1C. The van der Waals surface area contributed by atoms with Gasteiger partial charge in [0.2, 0.25) is 0 Å². The van der Waals surface area contributed by atoms with Gasteiger partial charge in [-0.15, -0.1) is 0 Å². The molecule has 0 aliphatic heterocycles. The minimum Gasteiger partial charge on any atom is -0.481 e. The molecule has 112 valence electrons. The Balaban J connectivity index is 2.21. The van der Waals surface area contributed by atoms with Crippen LogP contribution in [0.25, 0.3) is 22.6 Å². The van der Waals surface area contributed by atoms with Crippen molar-refractivity contribution in [1.82, 2.24) is 14.5 Å². The molecule has 0 amide bonds. The van der Waals surface area contributed by atoms with E-state index in [-0.39, 0.29) is 6.42 Å². The highest BCUT2D eigenvalue weighted by molar-refractivity contribution is 5.82. The Morgan fingerprint density at radius 1 is 1.23 bits per heavy atom. The third-order valence-corrected chi connectivity index (χ3v) is 3.81. The number of carboxylic acids is 1. The first-order valence-corrected chi connectivity index (χ1v) is 7.17. The fourth-order valence-electron chi connectivity index (χ4n) is 2.50. The van der Waals surface area contributed by atoms with Gasteiger partial charge in [0.05, 0.1) is 17.5 Å². The number of aromatic nitrogens is 3. The van der Waals surface area contributed by atoms with Gasteiger partial charge in [-0.05, 0) is 49.2 Å². The Kier molecular flexibility index (Phi) is 3.63. The number of benzene rings is 1. The van der Waals surface area contributed by atoms with E-state index in [9.17, 15) is 4.79 Å². The second kappa shape index (κ2) is 5.60. The molecule has 0 spiro atoms. The summed E-state index contributed by atoms with van der Waals surface area (Å²) >= 11 is 0. The Bertz CT molecular complexity index is 838. The first kappa shape index (κ1) is 14.3. The molecule has 1 aromatic carbocycles. The Morgan fingerprint density at radius 3 is 2.68 bits per heavy atom. The lowest BCUT2D eigenvalue weighted by atomic mass is 10.1. The Morgan fingerprint density at radius 2 is 2.00 bits per heavy atom. The largest absolute Gasteiger partial charge is 0.481 e. The molecule has 2 aromatic heterocycles. The molecule has 0 fully saturated rings. The fraction of sp³-hybridized carbons (Fsp3) is 0.235. The van der Waals surface area contributed by atoms with Gasteiger partial charge in [-0.25, -0.2) is 4.98 Å². The van der Waals surface area contributed by atoms with Gasteiger partial charge in [-0.1, -0.05) is 6.07 Å². The lowest BCUT2D eigenvalue weighted by Gasteiger charge is -2.08. The van der Waals surface area contributed by atoms with Crippen molar-refractivity contribution in [1.29, 1.82) is 0 Å². The van der Waals surface area contributed by atoms with Gasteiger partial charge in [-0.2, -0.15) is 0 Å². The third-order valence-electron chi connectivity index (χ3n) is 3.81. The number of aryl methyl sites for hydroxylation is 3.